The standard InChI is InChI=1S/C19H15Cl2FN2O2/c20-14-4-12(5-15(21)18(14)22)17-6-16(24-26-17)10-1-2-11-7-25-19(8-23-9-19)13(11)3-10/h1-5,17,23H,6-9H2/t17-/m0/s1. The van der Waals surface area contributed by atoms with Gasteiger partial charge in [0.15, 0.2) is 11.9 Å². The highest BCUT2D eigenvalue weighted by molar-refractivity contribution is 6.35. The molecule has 4 nitrogen and oxygen atoms in total. The zero-order chi connectivity index (χ0) is 17.9. The molecule has 3 aliphatic rings. The molecule has 3 heterocycles. The van der Waals surface area contributed by atoms with Crippen LogP contribution < -0.4 is 5.32 Å². The molecular formula is C19H15Cl2FN2O2. The van der Waals surface area contributed by atoms with E-state index in [1.165, 1.54) is 23.3 Å². The second kappa shape index (κ2) is 5.92. The van der Waals surface area contributed by atoms with Crippen LogP contribution in [0, 0.1) is 5.82 Å². The van der Waals surface area contributed by atoms with Crippen molar-refractivity contribution in [3.8, 4) is 0 Å². The highest BCUT2D eigenvalue weighted by atomic mass is 35.5. The van der Waals surface area contributed by atoms with E-state index in [1.54, 1.807) is 0 Å². The van der Waals surface area contributed by atoms with Crippen LogP contribution in [0.3, 0.4) is 0 Å². The van der Waals surface area contributed by atoms with E-state index < -0.39 is 5.82 Å². The molecule has 26 heavy (non-hydrogen) atoms. The van der Waals surface area contributed by atoms with Gasteiger partial charge in [-0.1, -0.05) is 40.5 Å². The Hall–Kier alpha value is -1.66. The number of benzene rings is 2. The monoisotopic (exact) mass is 392 g/mol. The maximum atomic E-state index is 13.6. The highest BCUT2D eigenvalue weighted by Gasteiger charge is 2.45. The van der Waals surface area contributed by atoms with Crippen LogP contribution in [0.4, 0.5) is 4.39 Å². The molecule has 7 heteroatoms. The van der Waals surface area contributed by atoms with Crippen molar-refractivity contribution in [2.75, 3.05) is 13.1 Å². The molecule has 2 aromatic rings. The summed E-state index contributed by atoms with van der Waals surface area (Å²) < 4.78 is 19.6. The molecule has 1 N–H and O–H groups in total. The van der Waals surface area contributed by atoms with E-state index in [1.807, 2.05) is 6.07 Å². The van der Waals surface area contributed by atoms with Crippen LogP contribution in [0.5, 0.6) is 0 Å². The average Bonchev–Trinajstić information content (AvgIpc) is 3.23. The Morgan fingerprint density at radius 3 is 2.62 bits per heavy atom. The van der Waals surface area contributed by atoms with Crippen molar-refractivity contribution in [3.63, 3.8) is 0 Å². The van der Waals surface area contributed by atoms with Crippen LogP contribution in [-0.4, -0.2) is 18.8 Å². The molecule has 134 valence electrons. The molecule has 0 amide bonds. The summed E-state index contributed by atoms with van der Waals surface area (Å²) >= 11 is 11.8. The molecule has 1 spiro atoms. The highest BCUT2D eigenvalue weighted by Crippen LogP contribution is 2.41. The number of rotatable bonds is 2. The molecule has 1 atom stereocenters. The number of oxime groups is 1. The van der Waals surface area contributed by atoms with Crippen molar-refractivity contribution in [2.45, 2.75) is 24.7 Å². The van der Waals surface area contributed by atoms with Gasteiger partial charge in [0.25, 0.3) is 0 Å². The Morgan fingerprint density at radius 2 is 1.92 bits per heavy atom. The van der Waals surface area contributed by atoms with Gasteiger partial charge in [0, 0.05) is 19.5 Å². The Balaban J connectivity index is 1.41. The first kappa shape index (κ1) is 16.5. The zero-order valence-electron chi connectivity index (χ0n) is 13.7. The Labute approximate surface area is 159 Å². The normalized spacial score (nSPS) is 22.7. The van der Waals surface area contributed by atoms with E-state index >= 15 is 0 Å². The first-order valence-corrected chi connectivity index (χ1v) is 9.17. The predicted octanol–water partition coefficient (Wildman–Crippen LogP) is 4.33. The van der Waals surface area contributed by atoms with Crippen LogP contribution >= 0.6 is 23.2 Å². The fourth-order valence-electron chi connectivity index (χ4n) is 3.73. The lowest BCUT2D eigenvalue weighted by Crippen LogP contribution is -2.56. The molecule has 0 aliphatic carbocycles. The molecule has 0 saturated carbocycles. The van der Waals surface area contributed by atoms with Gasteiger partial charge in [-0.3, -0.25) is 0 Å². The van der Waals surface area contributed by atoms with Gasteiger partial charge in [-0.15, -0.1) is 0 Å². The summed E-state index contributed by atoms with van der Waals surface area (Å²) in [5, 5.41) is 7.49. The van der Waals surface area contributed by atoms with Crippen molar-refractivity contribution in [1.82, 2.24) is 5.32 Å². The van der Waals surface area contributed by atoms with Crippen molar-refractivity contribution >= 4 is 28.9 Å². The molecule has 3 aliphatic heterocycles. The van der Waals surface area contributed by atoms with Gasteiger partial charge in [-0.25, -0.2) is 4.39 Å². The number of halogens is 3. The third-order valence-electron chi connectivity index (χ3n) is 5.31. The first-order chi connectivity index (χ1) is 12.6. The van der Waals surface area contributed by atoms with Crippen molar-refractivity contribution in [2.24, 2.45) is 5.16 Å². The molecule has 1 saturated heterocycles. The molecule has 5 rings (SSSR count). The Kier molecular flexibility index (Phi) is 3.76. The fourth-order valence-corrected chi connectivity index (χ4v) is 4.24. The summed E-state index contributed by atoms with van der Waals surface area (Å²) in [6, 6.07) is 9.37. The largest absolute Gasteiger partial charge is 0.387 e. The first-order valence-electron chi connectivity index (χ1n) is 8.41. The van der Waals surface area contributed by atoms with Crippen molar-refractivity contribution < 1.29 is 14.0 Å². The molecule has 2 aromatic carbocycles. The minimum Gasteiger partial charge on any atom is -0.387 e. The van der Waals surface area contributed by atoms with Gasteiger partial charge >= 0.3 is 0 Å². The lowest BCUT2D eigenvalue weighted by molar-refractivity contribution is -0.0746. The maximum absolute atomic E-state index is 13.6. The van der Waals surface area contributed by atoms with Gasteiger partial charge in [0.1, 0.15) is 5.60 Å². The van der Waals surface area contributed by atoms with E-state index in [2.05, 4.69) is 22.6 Å². The number of nitrogens with one attached hydrogen (secondary N) is 1. The number of fused-ring (bicyclic) bond motifs is 2. The van der Waals surface area contributed by atoms with E-state index in [4.69, 9.17) is 32.8 Å². The summed E-state index contributed by atoms with van der Waals surface area (Å²) in [6.45, 7) is 2.32. The lowest BCUT2D eigenvalue weighted by atomic mass is 9.85. The number of nitrogens with zero attached hydrogens (tertiary/aromatic N) is 1. The van der Waals surface area contributed by atoms with E-state index in [9.17, 15) is 4.39 Å². The van der Waals surface area contributed by atoms with Crippen LogP contribution in [0.15, 0.2) is 35.5 Å². The summed E-state index contributed by atoms with van der Waals surface area (Å²) in [4.78, 5) is 5.57. The van der Waals surface area contributed by atoms with Crippen LogP contribution in [0.25, 0.3) is 0 Å². The second-order valence-electron chi connectivity index (χ2n) is 6.89. The van der Waals surface area contributed by atoms with Crippen molar-refractivity contribution in [1.29, 1.82) is 0 Å². The minimum atomic E-state index is -0.616. The summed E-state index contributed by atoms with van der Waals surface area (Å²) in [7, 11) is 0. The van der Waals surface area contributed by atoms with E-state index in [0.717, 1.165) is 24.4 Å². The van der Waals surface area contributed by atoms with Crippen LogP contribution in [0.2, 0.25) is 10.0 Å². The molecule has 1 fully saturated rings. The SMILES string of the molecule is Fc1c(Cl)cc([C@@H]2CC(c3ccc4c(c3)C3(CNC3)OC4)=NO2)cc1Cl. The van der Waals surface area contributed by atoms with E-state index in [0.29, 0.717) is 18.6 Å². The number of ether oxygens (including phenoxy) is 1. The third kappa shape index (κ3) is 2.46. The van der Waals surface area contributed by atoms with Crippen LogP contribution in [0.1, 0.15) is 34.8 Å². The van der Waals surface area contributed by atoms with Gasteiger partial charge in [0.2, 0.25) is 0 Å². The predicted molar refractivity (Wildman–Crippen MR) is 97.2 cm³/mol. The van der Waals surface area contributed by atoms with Gasteiger partial charge in [0.05, 0.1) is 22.4 Å². The van der Waals surface area contributed by atoms with Crippen LogP contribution in [-0.2, 0) is 21.8 Å². The summed E-state index contributed by atoms with van der Waals surface area (Å²) in [5.41, 5.74) is 4.84. The second-order valence-corrected chi connectivity index (χ2v) is 7.71. The maximum Gasteiger partial charge on any atom is 0.160 e. The van der Waals surface area contributed by atoms with Gasteiger partial charge in [-0.2, -0.15) is 0 Å². The molecule has 0 radical (unpaired) electrons. The molecule has 0 unspecified atom stereocenters. The van der Waals surface area contributed by atoms with E-state index in [-0.39, 0.29) is 21.8 Å². The van der Waals surface area contributed by atoms with Gasteiger partial charge < -0.3 is 14.9 Å². The molecule has 0 aromatic heterocycles. The smallest absolute Gasteiger partial charge is 0.160 e. The average molecular weight is 393 g/mol. The number of hydrogen-bond donors (Lipinski definition) is 1. The summed E-state index contributed by atoms with van der Waals surface area (Å²) in [5.74, 6) is -0.616. The lowest BCUT2D eigenvalue weighted by Gasteiger charge is -2.39. The topological polar surface area (TPSA) is 42.8 Å². The molecule has 0 bridgehead atoms. The fraction of sp³-hybridized carbons (Fsp3) is 0.316. The van der Waals surface area contributed by atoms with Crippen molar-refractivity contribution in [3.05, 3.63) is 68.4 Å². The quantitative estimate of drug-likeness (QED) is 0.773. The molecular weight excluding hydrogens is 378 g/mol. The Bertz CT molecular complexity index is 920. The minimum absolute atomic E-state index is 0.0151. The summed E-state index contributed by atoms with van der Waals surface area (Å²) in [6.07, 6.45) is 0.243. The van der Waals surface area contributed by atoms with Gasteiger partial charge in [-0.05, 0) is 40.5 Å². The zero-order valence-corrected chi connectivity index (χ0v) is 15.2. The third-order valence-corrected chi connectivity index (χ3v) is 5.86. The Morgan fingerprint density at radius 1 is 1.15 bits per heavy atom. The number of hydrogen-bond acceptors (Lipinski definition) is 4.